The molecule has 1 aromatic rings. The van der Waals surface area contributed by atoms with Crippen LogP contribution in [0.15, 0.2) is 24.3 Å². The van der Waals surface area contributed by atoms with Gasteiger partial charge in [-0.2, -0.15) is 0 Å². The Morgan fingerprint density at radius 3 is 2.10 bits per heavy atom. The van der Waals surface area contributed by atoms with E-state index in [9.17, 15) is 4.79 Å². The summed E-state index contributed by atoms with van der Waals surface area (Å²) in [6, 6.07) is 7.79. The van der Waals surface area contributed by atoms with E-state index in [1.807, 2.05) is 24.3 Å². The van der Waals surface area contributed by atoms with Crippen molar-refractivity contribution in [2.24, 2.45) is 0 Å². The van der Waals surface area contributed by atoms with Crippen LogP contribution in [0.4, 0.5) is 0 Å². The summed E-state index contributed by atoms with van der Waals surface area (Å²) in [7, 11) is 3.23. The van der Waals surface area contributed by atoms with Crippen LogP contribution in [-0.4, -0.2) is 57.9 Å². The van der Waals surface area contributed by atoms with Crippen LogP contribution in [0.25, 0.3) is 0 Å². The second-order valence-corrected chi connectivity index (χ2v) is 4.65. The number of aryl methyl sites for hydroxylation is 1. The molecule has 0 aromatic heterocycles. The maximum atomic E-state index is 12.1. The molecule has 5 nitrogen and oxygen atoms in total. The van der Waals surface area contributed by atoms with Gasteiger partial charge in [-0.05, 0) is 24.1 Å². The van der Waals surface area contributed by atoms with Crippen LogP contribution in [0.3, 0.4) is 0 Å². The fourth-order valence-electron chi connectivity index (χ4n) is 1.82. The van der Waals surface area contributed by atoms with Gasteiger partial charge in [0.2, 0.25) is 0 Å². The zero-order valence-electron chi connectivity index (χ0n) is 13.1. The number of rotatable bonds is 10. The topological polar surface area (TPSA) is 48.0 Å². The Labute approximate surface area is 126 Å². The number of hydrogen-bond acceptors (Lipinski definition) is 4. The Bertz CT molecular complexity index is 397. The summed E-state index contributed by atoms with van der Waals surface area (Å²) in [5.41, 5.74) is 1.25. The molecule has 0 heterocycles. The van der Waals surface area contributed by atoms with Gasteiger partial charge in [0.25, 0.3) is 5.91 Å². The van der Waals surface area contributed by atoms with Gasteiger partial charge in [0.05, 0.1) is 13.2 Å². The van der Waals surface area contributed by atoms with Crippen LogP contribution in [0.5, 0.6) is 5.75 Å². The molecule has 1 aromatic carbocycles. The van der Waals surface area contributed by atoms with E-state index in [1.54, 1.807) is 19.1 Å². The summed E-state index contributed by atoms with van der Waals surface area (Å²) in [6.07, 6.45) is 0.987. The number of nitrogens with zero attached hydrogens (tertiary/aromatic N) is 1. The molecule has 0 saturated carbocycles. The quantitative estimate of drug-likeness (QED) is 0.660. The highest BCUT2D eigenvalue weighted by atomic mass is 16.5. The highest BCUT2D eigenvalue weighted by Gasteiger charge is 2.13. The number of carbonyl (C=O) groups excluding carboxylic acids is 1. The molecule has 0 saturated heterocycles. The van der Waals surface area contributed by atoms with Gasteiger partial charge >= 0.3 is 0 Å². The van der Waals surface area contributed by atoms with E-state index >= 15 is 0 Å². The normalized spacial score (nSPS) is 10.4. The van der Waals surface area contributed by atoms with E-state index < -0.39 is 0 Å². The summed E-state index contributed by atoms with van der Waals surface area (Å²) in [6.45, 7) is 4.21. The van der Waals surface area contributed by atoms with Crippen LogP contribution in [0.1, 0.15) is 12.5 Å². The molecule has 0 N–H and O–H groups in total. The van der Waals surface area contributed by atoms with Gasteiger partial charge in [-0.15, -0.1) is 0 Å². The average molecular weight is 295 g/mol. The zero-order valence-corrected chi connectivity index (χ0v) is 13.1. The van der Waals surface area contributed by atoms with Crippen molar-refractivity contribution < 1.29 is 19.0 Å². The summed E-state index contributed by atoms with van der Waals surface area (Å²) in [4.78, 5) is 13.8. The first kappa shape index (κ1) is 17.5. The maximum Gasteiger partial charge on any atom is 0.260 e. The van der Waals surface area contributed by atoms with Crippen molar-refractivity contribution in [3.63, 3.8) is 0 Å². The first-order chi connectivity index (χ1) is 10.2. The lowest BCUT2D eigenvalue weighted by molar-refractivity contribution is -0.134. The number of carbonyl (C=O) groups is 1. The molecular formula is C16H25NO4. The summed E-state index contributed by atoms with van der Waals surface area (Å²) in [5, 5.41) is 0. The monoisotopic (exact) mass is 295 g/mol. The predicted octanol–water partition coefficient (Wildman–Crippen LogP) is 1.75. The minimum absolute atomic E-state index is 0.0267. The second-order valence-electron chi connectivity index (χ2n) is 4.65. The minimum Gasteiger partial charge on any atom is -0.484 e. The highest BCUT2D eigenvalue weighted by molar-refractivity contribution is 5.77. The van der Waals surface area contributed by atoms with Gasteiger partial charge in [0.1, 0.15) is 5.75 Å². The van der Waals surface area contributed by atoms with Crippen LogP contribution < -0.4 is 4.74 Å². The Morgan fingerprint density at radius 1 is 1.05 bits per heavy atom. The lowest BCUT2D eigenvalue weighted by Crippen LogP contribution is -2.39. The standard InChI is InChI=1S/C16H25NO4/c1-4-14-5-7-15(8-6-14)21-13-16(18)17(9-11-19-2)10-12-20-3/h5-8H,4,9-13H2,1-3H3. The highest BCUT2D eigenvalue weighted by Crippen LogP contribution is 2.12. The molecular weight excluding hydrogens is 270 g/mol. The van der Waals surface area contributed by atoms with Crippen LogP contribution in [0.2, 0.25) is 0 Å². The van der Waals surface area contributed by atoms with E-state index in [1.165, 1.54) is 5.56 Å². The molecule has 0 spiro atoms. The van der Waals surface area contributed by atoms with Gasteiger partial charge in [-0.3, -0.25) is 4.79 Å². The van der Waals surface area contributed by atoms with E-state index in [0.29, 0.717) is 32.1 Å². The number of amides is 1. The summed E-state index contributed by atoms with van der Waals surface area (Å²) < 4.78 is 15.6. The third-order valence-corrected chi connectivity index (χ3v) is 3.18. The van der Waals surface area contributed by atoms with Gasteiger partial charge < -0.3 is 19.1 Å². The molecule has 0 bridgehead atoms. The molecule has 21 heavy (non-hydrogen) atoms. The lowest BCUT2D eigenvalue weighted by atomic mass is 10.2. The SMILES string of the molecule is CCc1ccc(OCC(=O)N(CCOC)CCOC)cc1. The van der Waals surface area contributed by atoms with Gasteiger partial charge in [-0.1, -0.05) is 19.1 Å². The predicted molar refractivity (Wildman–Crippen MR) is 81.6 cm³/mol. The van der Waals surface area contributed by atoms with Crippen LogP contribution in [-0.2, 0) is 20.7 Å². The number of methoxy groups -OCH3 is 2. The molecule has 0 fully saturated rings. The van der Waals surface area contributed by atoms with Crippen LogP contribution >= 0.6 is 0 Å². The van der Waals surface area contributed by atoms with E-state index in [-0.39, 0.29) is 12.5 Å². The molecule has 0 aliphatic heterocycles. The van der Waals surface area contributed by atoms with E-state index in [4.69, 9.17) is 14.2 Å². The third-order valence-electron chi connectivity index (χ3n) is 3.18. The number of hydrogen-bond donors (Lipinski definition) is 0. The Hall–Kier alpha value is -1.59. The molecule has 1 amide bonds. The van der Waals surface area contributed by atoms with Crippen LogP contribution in [0, 0.1) is 0 Å². The molecule has 0 radical (unpaired) electrons. The zero-order chi connectivity index (χ0) is 15.5. The van der Waals surface area contributed by atoms with Crippen molar-refractivity contribution in [3.8, 4) is 5.75 Å². The molecule has 0 aliphatic rings. The van der Waals surface area contributed by atoms with E-state index in [2.05, 4.69) is 6.92 Å². The van der Waals surface area contributed by atoms with Gasteiger partial charge in [0.15, 0.2) is 6.61 Å². The van der Waals surface area contributed by atoms with Crippen molar-refractivity contribution in [3.05, 3.63) is 29.8 Å². The fraction of sp³-hybridized carbons (Fsp3) is 0.562. The summed E-state index contributed by atoms with van der Waals surface area (Å²) in [5.74, 6) is 0.641. The fourth-order valence-corrected chi connectivity index (χ4v) is 1.82. The Balaban J connectivity index is 2.46. The first-order valence-electron chi connectivity index (χ1n) is 7.18. The smallest absolute Gasteiger partial charge is 0.260 e. The number of benzene rings is 1. The maximum absolute atomic E-state index is 12.1. The molecule has 1 rings (SSSR count). The molecule has 5 heteroatoms. The lowest BCUT2D eigenvalue weighted by Gasteiger charge is -2.22. The van der Waals surface area contributed by atoms with E-state index in [0.717, 1.165) is 6.42 Å². The van der Waals surface area contributed by atoms with Crippen molar-refractivity contribution in [2.45, 2.75) is 13.3 Å². The Kier molecular flexibility index (Phi) is 8.47. The van der Waals surface area contributed by atoms with Gasteiger partial charge in [0, 0.05) is 27.3 Å². The van der Waals surface area contributed by atoms with Gasteiger partial charge in [-0.25, -0.2) is 0 Å². The second kappa shape index (κ2) is 10.2. The molecule has 0 atom stereocenters. The number of ether oxygens (including phenoxy) is 3. The molecule has 118 valence electrons. The van der Waals surface area contributed by atoms with Crippen molar-refractivity contribution in [1.29, 1.82) is 0 Å². The first-order valence-corrected chi connectivity index (χ1v) is 7.18. The third kappa shape index (κ3) is 6.60. The Morgan fingerprint density at radius 2 is 1.62 bits per heavy atom. The molecule has 0 aliphatic carbocycles. The summed E-state index contributed by atoms with van der Waals surface area (Å²) >= 11 is 0. The van der Waals surface area contributed by atoms with Crippen molar-refractivity contribution >= 4 is 5.91 Å². The van der Waals surface area contributed by atoms with Crippen molar-refractivity contribution in [2.75, 3.05) is 47.1 Å². The van der Waals surface area contributed by atoms with Crippen molar-refractivity contribution in [1.82, 2.24) is 4.90 Å². The minimum atomic E-state index is -0.0660. The average Bonchev–Trinajstić information content (AvgIpc) is 2.53. The largest absolute Gasteiger partial charge is 0.484 e. The molecule has 0 unspecified atom stereocenters.